The monoisotopic (exact) mass is 643 g/mol. The Kier molecular flexibility index (Phi) is 22.5. The van der Waals surface area contributed by atoms with Crippen molar-refractivity contribution in [2.75, 3.05) is 14.2 Å². The van der Waals surface area contributed by atoms with E-state index >= 15 is 0 Å². The van der Waals surface area contributed by atoms with Gasteiger partial charge < -0.3 is 10.1 Å². The number of benzene rings is 1. The van der Waals surface area contributed by atoms with Gasteiger partial charge in [0.15, 0.2) is 5.17 Å². The van der Waals surface area contributed by atoms with Gasteiger partial charge in [-0.1, -0.05) is 115 Å². The van der Waals surface area contributed by atoms with Crippen molar-refractivity contribution in [2.45, 2.75) is 98.4 Å². The van der Waals surface area contributed by atoms with E-state index in [1.807, 2.05) is 96.1 Å². The van der Waals surface area contributed by atoms with Crippen LogP contribution in [0.25, 0.3) is 0 Å². The lowest BCUT2D eigenvalue weighted by atomic mass is 9.93. The Labute approximate surface area is 276 Å². The summed E-state index contributed by atoms with van der Waals surface area (Å²) in [7, 11) is 3.57. The highest BCUT2D eigenvalue weighted by molar-refractivity contribution is 8.14. The van der Waals surface area contributed by atoms with Crippen LogP contribution in [0.2, 0.25) is 0 Å². The SMILES string of the molecule is C/C=C\C(C(=O)NC1=NN(C)C(C2CC2)S1)=C(/CC)C1=CC(Cl)NC=C1OC.CC.CC.CCCC.N#Cc1ccccc1. The molecule has 244 valence electrons. The van der Waals surface area contributed by atoms with Gasteiger partial charge in [0.1, 0.15) is 16.6 Å². The number of methoxy groups -OCH3 is 1. The van der Waals surface area contributed by atoms with Gasteiger partial charge in [-0.05, 0) is 55.9 Å². The molecule has 1 aliphatic carbocycles. The Morgan fingerprint density at radius 1 is 1.18 bits per heavy atom. The molecule has 44 heavy (non-hydrogen) atoms. The summed E-state index contributed by atoms with van der Waals surface area (Å²) in [6.45, 7) is 16.3. The molecule has 3 aliphatic rings. The normalized spacial score (nSPS) is 18.7. The van der Waals surface area contributed by atoms with Crippen LogP contribution in [0.3, 0.4) is 0 Å². The summed E-state index contributed by atoms with van der Waals surface area (Å²) in [5.41, 5.74) is 2.67. The molecule has 0 bridgehead atoms. The smallest absolute Gasteiger partial charge is 0.257 e. The van der Waals surface area contributed by atoms with Crippen LogP contribution in [-0.4, -0.2) is 41.1 Å². The number of unbranched alkanes of at least 4 members (excludes halogenated alkanes) is 1. The minimum atomic E-state index is -0.354. The highest BCUT2D eigenvalue weighted by Gasteiger charge is 2.39. The lowest BCUT2D eigenvalue weighted by Gasteiger charge is -2.22. The van der Waals surface area contributed by atoms with Crippen molar-refractivity contribution < 1.29 is 9.53 Å². The van der Waals surface area contributed by atoms with Crippen LogP contribution in [-0.2, 0) is 9.53 Å². The molecule has 0 aromatic heterocycles. The predicted octanol–water partition coefficient (Wildman–Crippen LogP) is 9.07. The average Bonchev–Trinajstić information content (AvgIpc) is 3.85. The number of amides is 1. The number of hydrazone groups is 1. The Morgan fingerprint density at radius 3 is 2.25 bits per heavy atom. The number of halogens is 1. The van der Waals surface area contributed by atoms with Crippen LogP contribution in [0.15, 0.2) is 82.3 Å². The lowest BCUT2D eigenvalue weighted by molar-refractivity contribution is -0.115. The summed E-state index contributed by atoms with van der Waals surface area (Å²) in [4.78, 5) is 13.1. The van der Waals surface area contributed by atoms with Gasteiger partial charge in [-0.3, -0.25) is 15.1 Å². The number of ether oxygens (including phenoxy) is 1. The molecule has 9 heteroatoms. The molecule has 7 nitrogen and oxygen atoms in total. The summed E-state index contributed by atoms with van der Waals surface area (Å²) in [5.74, 6) is 1.15. The van der Waals surface area contributed by atoms with Crippen molar-refractivity contribution in [1.82, 2.24) is 15.6 Å². The van der Waals surface area contributed by atoms with Crippen LogP contribution in [0.1, 0.15) is 93.1 Å². The van der Waals surface area contributed by atoms with Crippen LogP contribution in [0, 0.1) is 17.2 Å². The number of allylic oxidation sites excluding steroid dienone is 2. The fraction of sp³-hybridized carbons (Fsp3) is 0.514. The number of hydrogen-bond donors (Lipinski definition) is 2. The maximum absolute atomic E-state index is 13.1. The third-order valence-electron chi connectivity index (χ3n) is 6.25. The van der Waals surface area contributed by atoms with Crippen LogP contribution < -0.4 is 10.6 Å². The topological polar surface area (TPSA) is 89.8 Å². The van der Waals surface area contributed by atoms with Gasteiger partial charge in [-0.15, -0.1) is 0 Å². The third kappa shape index (κ3) is 14.1. The first-order valence-corrected chi connectivity index (χ1v) is 17.1. The zero-order chi connectivity index (χ0) is 33.5. The van der Waals surface area contributed by atoms with E-state index in [9.17, 15) is 4.79 Å². The molecule has 0 radical (unpaired) electrons. The van der Waals surface area contributed by atoms with Crippen molar-refractivity contribution in [1.29, 1.82) is 5.26 Å². The molecule has 1 aromatic rings. The fourth-order valence-corrected chi connectivity index (χ4v) is 5.27. The molecule has 2 N–H and O–H groups in total. The zero-order valence-corrected chi connectivity index (χ0v) is 30.0. The molecule has 1 amide bonds. The predicted molar refractivity (Wildman–Crippen MR) is 190 cm³/mol. The number of alkyl halides is 1. The van der Waals surface area contributed by atoms with Gasteiger partial charge in [0, 0.05) is 24.4 Å². The number of amidine groups is 1. The first kappa shape index (κ1) is 40.9. The van der Waals surface area contributed by atoms with Crippen LogP contribution in [0.4, 0.5) is 0 Å². The number of thioether (sulfide) groups is 1. The maximum atomic E-state index is 13.1. The molecular formula is C35H54ClN5O2S. The molecule has 0 saturated heterocycles. The number of carbonyl (C=O) groups excluding carboxylic acids is 1. The minimum absolute atomic E-state index is 0.174. The van der Waals surface area contributed by atoms with Crippen LogP contribution in [0.5, 0.6) is 0 Å². The van der Waals surface area contributed by atoms with Crippen molar-refractivity contribution in [3.8, 4) is 6.07 Å². The highest BCUT2D eigenvalue weighted by Crippen LogP contribution is 2.43. The average molecular weight is 644 g/mol. The van der Waals surface area contributed by atoms with E-state index in [4.69, 9.17) is 21.6 Å². The number of nitrogens with zero attached hydrogens (tertiary/aromatic N) is 3. The maximum Gasteiger partial charge on any atom is 0.257 e. The molecule has 1 saturated carbocycles. The standard InChI is InChI=1S/C20H27ClN4O2S.C7H5N.C4H10.2C2H6/c1-5-7-14(13(6-2)15-10-17(21)22-11-16(15)27-4)18(26)23-20-24-25(3)19(28-20)12-8-9-12;8-6-7-4-2-1-3-5-7;1-3-4-2;2*1-2/h5,7,10-12,17,19,22H,6,8-9H2,1-4H3,(H,23,24,26);1-5H;3-4H2,1-2H3;2*1-2H3/b7-5-,14-13-;;;;. The van der Waals surface area contributed by atoms with Crippen LogP contribution >= 0.6 is 23.4 Å². The van der Waals surface area contributed by atoms with E-state index < -0.39 is 0 Å². The molecular weight excluding hydrogens is 590 g/mol. The van der Waals surface area contributed by atoms with E-state index in [2.05, 4.69) is 29.6 Å². The number of dihydropyridines is 1. The van der Waals surface area contributed by atoms with E-state index in [0.717, 1.165) is 11.1 Å². The second-order valence-electron chi connectivity index (χ2n) is 9.36. The number of carbonyl (C=O) groups is 1. The molecule has 1 fully saturated rings. The number of nitriles is 1. The molecule has 2 heterocycles. The zero-order valence-electron chi connectivity index (χ0n) is 28.4. The summed E-state index contributed by atoms with van der Waals surface area (Å²) < 4.78 is 5.48. The minimum Gasteiger partial charge on any atom is -0.495 e. The van der Waals surface area contributed by atoms with E-state index in [0.29, 0.717) is 39.8 Å². The number of nitrogens with one attached hydrogen (secondary N) is 2. The van der Waals surface area contributed by atoms with E-state index in [1.54, 1.807) is 37.2 Å². The van der Waals surface area contributed by atoms with Gasteiger partial charge in [-0.2, -0.15) is 10.4 Å². The van der Waals surface area contributed by atoms with Gasteiger partial charge in [0.2, 0.25) is 0 Å². The fourth-order valence-electron chi connectivity index (χ4n) is 3.86. The molecule has 4 rings (SSSR count). The Hall–Kier alpha value is -3.15. The van der Waals surface area contributed by atoms with Gasteiger partial charge >= 0.3 is 0 Å². The Morgan fingerprint density at radius 2 is 1.80 bits per heavy atom. The van der Waals surface area contributed by atoms with Crippen molar-refractivity contribution >= 4 is 34.4 Å². The molecule has 2 atom stereocenters. The Bertz CT molecular complexity index is 1170. The van der Waals surface area contributed by atoms with Crippen molar-refractivity contribution in [3.05, 3.63) is 82.8 Å². The largest absolute Gasteiger partial charge is 0.495 e. The molecule has 2 unspecified atom stereocenters. The summed E-state index contributed by atoms with van der Waals surface area (Å²) in [6, 6.07) is 11.2. The third-order valence-corrected chi connectivity index (χ3v) is 7.84. The van der Waals surface area contributed by atoms with Gasteiger partial charge in [-0.25, -0.2) is 0 Å². The molecule has 1 aromatic carbocycles. The highest BCUT2D eigenvalue weighted by atomic mass is 35.5. The second kappa shape index (κ2) is 24.2. The van der Waals surface area contributed by atoms with Gasteiger partial charge in [0.05, 0.1) is 18.7 Å². The summed E-state index contributed by atoms with van der Waals surface area (Å²) >= 11 is 7.87. The summed E-state index contributed by atoms with van der Waals surface area (Å²) in [6.07, 6.45) is 13.1. The summed E-state index contributed by atoms with van der Waals surface area (Å²) in [5, 5.41) is 21.7. The second-order valence-corrected chi connectivity index (χ2v) is 10.9. The number of hydrogen-bond acceptors (Lipinski definition) is 7. The Balaban J connectivity index is 0.000000955. The van der Waals surface area contributed by atoms with Crippen molar-refractivity contribution in [3.63, 3.8) is 0 Å². The first-order chi connectivity index (χ1) is 21.3. The molecule has 0 spiro atoms. The van der Waals surface area contributed by atoms with Gasteiger partial charge in [0.25, 0.3) is 5.91 Å². The first-order valence-electron chi connectivity index (χ1n) is 15.8. The quantitative estimate of drug-likeness (QED) is 0.133. The molecule has 2 aliphatic heterocycles. The lowest BCUT2D eigenvalue weighted by Crippen LogP contribution is -2.30. The van der Waals surface area contributed by atoms with E-state index in [1.165, 1.54) is 25.7 Å². The van der Waals surface area contributed by atoms with Crippen molar-refractivity contribution in [2.24, 2.45) is 11.0 Å². The van der Waals surface area contributed by atoms with E-state index in [-0.39, 0.29) is 11.4 Å². The number of rotatable bonds is 7.